The van der Waals surface area contributed by atoms with Crippen LogP contribution in [0.3, 0.4) is 0 Å². The normalized spacial score (nSPS) is 13.3. The topological polar surface area (TPSA) is 67.4 Å². The Kier molecular flexibility index (Phi) is 5.58. The fourth-order valence-corrected chi connectivity index (χ4v) is 2.28. The van der Waals surface area contributed by atoms with Gasteiger partial charge in [0, 0.05) is 18.8 Å². The average molecular weight is 272 g/mol. The first-order valence-electron chi connectivity index (χ1n) is 5.82. The summed E-state index contributed by atoms with van der Waals surface area (Å²) in [5, 5.41) is 3.29. The van der Waals surface area contributed by atoms with Crippen molar-refractivity contribution in [1.29, 1.82) is 0 Å². The van der Waals surface area contributed by atoms with Crippen LogP contribution in [0.5, 0.6) is 0 Å². The van der Waals surface area contributed by atoms with Crippen molar-refractivity contribution in [1.82, 2.24) is 4.72 Å². The van der Waals surface area contributed by atoms with Gasteiger partial charge in [0.2, 0.25) is 10.0 Å². The van der Waals surface area contributed by atoms with Crippen LogP contribution >= 0.6 is 0 Å². The van der Waals surface area contributed by atoms with Crippen LogP contribution in [0.25, 0.3) is 0 Å². The zero-order valence-corrected chi connectivity index (χ0v) is 11.8. The molecular weight excluding hydrogens is 252 g/mol. The third-order valence-electron chi connectivity index (χ3n) is 2.66. The lowest BCUT2D eigenvalue weighted by Crippen LogP contribution is -2.24. The van der Waals surface area contributed by atoms with Gasteiger partial charge in [-0.15, -0.1) is 0 Å². The molecule has 18 heavy (non-hydrogen) atoms. The van der Waals surface area contributed by atoms with Gasteiger partial charge < -0.3 is 10.1 Å². The van der Waals surface area contributed by atoms with Crippen molar-refractivity contribution >= 4 is 15.7 Å². The highest BCUT2D eigenvalue weighted by Crippen LogP contribution is 2.15. The Balaban J connectivity index is 2.77. The summed E-state index contributed by atoms with van der Waals surface area (Å²) in [6, 6.07) is 6.88. The van der Waals surface area contributed by atoms with E-state index in [0.717, 1.165) is 12.1 Å². The summed E-state index contributed by atoms with van der Waals surface area (Å²) in [6.45, 7) is 2.68. The molecule has 0 spiro atoms. The second-order valence-corrected chi connectivity index (χ2v) is 5.82. The predicted molar refractivity (Wildman–Crippen MR) is 72.3 cm³/mol. The molecule has 0 fully saturated rings. The molecule has 5 nitrogen and oxygen atoms in total. The first kappa shape index (κ1) is 14.9. The highest BCUT2D eigenvalue weighted by Gasteiger charge is 2.11. The molecule has 0 saturated carbocycles. The highest BCUT2D eigenvalue weighted by molar-refractivity contribution is 7.89. The molecule has 1 atom stereocenters. The zero-order chi connectivity index (χ0) is 13.6. The molecule has 0 aliphatic carbocycles. The smallest absolute Gasteiger partial charge is 0.240 e. The quantitative estimate of drug-likeness (QED) is 0.788. The standard InChI is InChI=1S/C12H20N2O3S/c1-4-10(9-17-3)14-11-5-7-12(8-6-11)18(15,16)13-2/h5-8,10,13-14H,4,9H2,1-3H3. The molecule has 1 rings (SSSR count). The molecule has 0 aromatic heterocycles. The van der Waals surface area contributed by atoms with Crippen molar-refractivity contribution in [2.45, 2.75) is 24.3 Å². The Morgan fingerprint density at radius 3 is 2.33 bits per heavy atom. The molecule has 1 aromatic carbocycles. The van der Waals surface area contributed by atoms with E-state index in [0.29, 0.717) is 6.61 Å². The fraction of sp³-hybridized carbons (Fsp3) is 0.500. The Labute approximate surface area is 109 Å². The van der Waals surface area contributed by atoms with Crippen LogP contribution in [-0.2, 0) is 14.8 Å². The van der Waals surface area contributed by atoms with E-state index in [1.54, 1.807) is 31.4 Å². The summed E-state index contributed by atoms with van der Waals surface area (Å²) < 4.78 is 30.5. The summed E-state index contributed by atoms with van der Waals surface area (Å²) in [7, 11) is -0.306. The molecule has 0 aliphatic heterocycles. The average Bonchev–Trinajstić information content (AvgIpc) is 2.39. The van der Waals surface area contributed by atoms with E-state index in [1.807, 2.05) is 0 Å². The number of rotatable bonds is 7. The van der Waals surface area contributed by atoms with Crippen LogP contribution in [-0.4, -0.2) is 35.2 Å². The lowest BCUT2D eigenvalue weighted by atomic mass is 10.2. The number of ether oxygens (including phenoxy) is 1. The van der Waals surface area contributed by atoms with Crippen LogP contribution in [0.4, 0.5) is 5.69 Å². The van der Waals surface area contributed by atoms with Gasteiger partial charge >= 0.3 is 0 Å². The molecule has 0 saturated heterocycles. The largest absolute Gasteiger partial charge is 0.383 e. The van der Waals surface area contributed by atoms with Gasteiger partial charge in [-0.1, -0.05) is 6.92 Å². The maximum Gasteiger partial charge on any atom is 0.240 e. The number of hydrogen-bond donors (Lipinski definition) is 2. The molecule has 1 unspecified atom stereocenters. The van der Waals surface area contributed by atoms with E-state index in [1.165, 1.54) is 7.05 Å². The van der Waals surface area contributed by atoms with E-state index in [-0.39, 0.29) is 10.9 Å². The van der Waals surface area contributed by atoms with Gasteiger partial charge in [0.15, 0.2) is 0 Å². The number of benzene rings is 1. The lowest BCUT2D eigenvalue weighted by Gasteiger charge is -2.17. The van der Waals surface area contributed by atoms with Crippen LogP contribution in [0.1, 0.15) is 13.3 Å². The molecular formula is C12H20N2O3S. The fourth-order valence-electron chi connectivity index (χ4n) is 1.55. The Hall–Kier alpha value is -1.11. The van der Waals surface area contributed by atoms with Gasteiger partial charge in [-0.25, -0.2) is 13.1 Å². The maximum atomic E-state index is 11.5. The minimum Gasteiger partial charge on any atom is -0.383 e. The molecule has 1 aromatic rings. The molecule has 0 aliphatic rings. The Bertz CT molecular complexity index is 457. The van der Waals surface area contributed by atoms with Crippen molar-refractivity contribution in [3.05, 3.63) is 24.3 Å². The van der Waals surface area contributed by atoms with Crippen LogP contribution in [0.15, 0.2) is 29.2 Å². The Morgan fingerprint density at radius 2 is 1.89 bits per heavy atom. The number of methoxy groups -OCH3 is 1. The van der Waals surface area contributed by atoms with Gasteiger partial charge in [0.1, 0.15) is 0 Å². The van der Waals surface area contributed by atoms with Crippen molar-refractivity contribution < 1.29 is 13.2 Å². The molecule has 2 N–H and O–H groups in total. The molecule has 102 valence electrons. The number of hydrogen-bond acceptors (Lipinski definition) is 4. The maximum absolute atomic E-state index is 11.5. The summed E-state index contributed by atoms with van der Waals surface area (Å²) >= 11 is 0. The third kappa shape index (κ3) is 3.97. The van der Waals surface area contributed by atoms with E-state index in [4.69, 9.17) is 4.74 Å². The number of anilines is 1. The monoisotopic (exact) mass is 272 g/mol. The second kappa shape index (κ2) is 6.72. The van der Waals surface area contributed by atoms with Gasteiger partial charge in [0.05, 0.1) is 11.5 Å². The first-order chi connectivity index (χ1) is 8.53. The van der Waals surface area contributed by atoms with Crippen LogP contribution in [0.2, 0.25) is 0 Å². The first-order valence-corrected chi connectivity index (χ1v) is 7.31. The predicted octanol–water partition coefficient (Wildman–Crippen LogP) is 1.43. The molecule has 0 amide bonds. The van der Waals surface area contributed by atoms with Gasteiger partial charge in [-0.05, 0) is 37.7 Å². The minimum absolute atomic E-state index is 0.224. The second-order valence-electron chi connectivity index (χ2n) is 3.94. The highest BCUT2D eigenvalue weighted by atomic mass is 32.2. The van der Waals surface area contributed by atoms with E-state index in [2.05, 4.69) is 17.0 Å². The van der Waals surface area contributed by atoms with Gasteiger partial charge in [-0.2, -0.15) is 0 Å². The van der Waals surface area contributed by atoms with Gasteiger partial charge in [-0.3, -0.25) is 0 Å². The molecule has 6 heteroatoms. The zero-order valence-electron chi connectivity index (χ0n) is 10.9. The Morgan fingerprint density at radius 1 is 1.28 bits per heavy atom. The molecule has 0 bridgehead atoms. The van der Waals surface area contributed by atoms with Crippen molar-refractivity contribution in [2.24, 2.45) is 0 Å². The SMILES string of the molecule is CCC(COC)Nc1ccc(S(=O)(=O)NC)cc1. The summed E-state index contributed by atoms with van der Waals surface area (Å²) in [6.07, 6.45) is 0.935. The minimum atomic E-state index is -3.36. The van der Waals surface area contributed by atoms with Crippen LogP contribution in [0, 0.1) is 0 Å². The number of nitrogens with one attached hydrogen (secondary N) is 2. The van der Waals surface area contributed by atoms with Crippen molar-refractivity contribution in [3.8, 4) is 0 Å². The van der Waals surface area contributed by atoms with Crippen molar-refractivity contribution in [2.75, 3.05) is 26.1 Å². The van der Waals surface area contributed by atoms with Gasteiger partial charge in [0.25, 0.3) is 0 Å². The van der Waals surface area contributed by atoms with Crippen molar-refractivity contribution in [3.63, 3.8) is 0 Å². The molecule has 0 radical (unpaired) electrons. The lowest BCUT2D eigenvalue weighted by molar-refractivity contribution is 0.184. The summed E-state index contributed by atoms with van der Waals surface area (Å²) in [5.41, 5.74) is 0.883. The third-order valence-corrected chi connectivity index (χ3v) is 4.10. The van der Waals surface area contributed by atoms with Crippen LogP contribution < -0.4 is 10.0 Å². The summed E-state index contributed by atoms with van der Waals surface area (Å²) in [4.78, 5) is 0.260. The molecule has 0 heterocycles. The summed E-state index contributed by atoms with van der Waals surface area (Å²) in [5.74, 6) is 0. The van der Waals surface area contributed by atoms with E-state index < -0.39 is 10.0 Å². The number of sulfonamides is 1. The van der Waals surface area contributed by atoms with E-state index >= 15 is 0 Å². The van der Waals surface area contributed by atoms with E-state index in [9.17, 15) is 8.42 Å².